The Hall–Kier alpha value is -2.83. The van der Waals surface area contributed by atoms with Crippen molar-refractivity contribution >= 4 is 11.3 Å². The molecule has 4 rings (SSSR count). The first-order valence-electron chi connectivity index (χ1n) is 7.62. The van der Waals surface area contributed by atoms with Gasteiger partial charge in [0.2, 0.25) is 0 Å². The number of rotatable bonds is 4. The maximum Gasteiger partial charge on any atom is 0.183 e. The molecule has 0 amide bonds. The topological polar surface area (TPSA) is 59.2 Å². The standard InChI is InChI=1S/C19H13FN2O2S/c20-14-7-2-1-6-13(14)17-16(18(23)12-5-3-9-21-11-12)19(24-22-17)15-8-4-10-25-15/h1-11,18,23H. The molecule has 3 aromatic heterocycles. The van der Waals surface area contributed by atoms with E-state index < -0.39 is 11.9 Å². The van der Waals surface area contributed by atoms with Crippen molar-refractivity contribution < 1.29 is 14.0 Å². The summed E-state index contributed by atoms with van der Waals surface area (Å²) in [6.07, 6.45) is 2.16. The summed E-state index contributed by atoms with van der Waals surface area (Å²) in [4.78, 5) is 4.86. The highest BCUT2D eigenvalue weighted by atomic mass is 32.1. The highest BCUT2D eigenvalue weighted by molar-refractivity contribution is 7.13. The van der Waals surface area contributed by atoms with E-state index in [0.29, 0.717) is 16.9 Å². The zero-order valence-electron chi connectivity index (χ0n) is 13.0. The average Bonchev–Trinajstić information content (AvgIpc) is 3.31. The molecule has 124 valence electrons. The van der Waals surface area contributed by atoms with Gasteiger partial charge in [-0.1, -0.05) is 29.4 Å². The van der Waals surface area contributed by atoms with Crippen molar-refractivity contribution in [1.82, 2.24) is 10.1 Å². The summed E-state index contributed by atoms with van der Waals surface area (Å²) in [6, 6.07) is 13.5. The van der Waals surface area contributed by atoms with E-state index in [1.165, 1.54) is 17.4 Å². The second-order valence-electron chi connectivity index (χ2n) is 5.42. The second-order valence-corrected chi connectivity index (χ2v) is 6.37. The van der Waals surface area contributed by atoms with Gasteiger partial charge in [-0.25, -0.2) is 4.39 Å². The Morgan fingerprint density at radius 2 is 1.96 bits per heavy atom. The smallest absolute Gasteiger partial charge is 0.183 e. The Labute approximate surface area is 147 Å². The van der Waals surface area contributed by atoms with Gasteiger partial charge in [0.25, 0.3) is 0 Å². The predicted octanol–water partition coefficient (Wildman–Crippen LogP) is 4.69. The fourth-order valence-corrected chi connectivity index (χ4v) is 3.40. The van der Waals surface area contributed by atoms with Crippen molar-refractivity contribution in [2.75, 3.05) is 0 Å². The lowest BCUT2D eigenvalue weighted by atomic mass is 9.96. The van der Waals surface area contributed by atoms with E-state index in [1.54, 1.807) is 42.7 Å². The maximum absolute atomic E-state index is 14.3. The van der Waals surface area contributed by atoms with Crippen LogP contribution < -0.4 is 0 Å². The van der Waals surface area contributed by atoms with E-state index in [1.807, 2.05) is 17.5 Å². The highest BCUT2D eigenvalue weighted by Gasteiger charge is 2.28. The number of benzene rings is 1. The first-order valence-corrected chi connectivity index (χ1v) is 8.50. The van der Waals surface area contributed by atoms with Gasteiger partial charge < -0.3 is 9.63 Å². The fraction of sp³-hybridized carbons (Fsp3) is 0.0526. The van der Waals surface area contributed by atoms with Crippen LogP contribution >= 0.6 is 11.3 Å². The van der Waals surface area contributed by atoms with Crippen molar-refractivity contribution in [3.05, 3.63) is 83.2 Å². The number of hydrogen-bond donors (Lipinski definition) is 1. The van der Waals surface area contributed by atoms with Crippen molar-refractivity contribution in [1.29, 1.82) is 0 Å². The number of hydrogen-bond acceptors (Lipinski definition) is 5. The number of nitrogens with zero attached hydrogens (tertiary/aromatic N) is 2. The summed E-state index contributed by atoms with van der Waals surface area (Å²) in [5.41, 5.74) is 1.59. The Morgan fingerprint density at radius 3 is 2.68 bits per heavy atom. The number of thiophene rings is 1. The lowest BCUT2D eigenvalue weighted by Crippen LogP contribution is -2.03. The SMILES string of the molecule is OC(c1cccnc1)c1c(-c2ccccc2F)noc1-c1cccs1. The molecule has 1 atom stereocenters. The maximum atomic E-state index is 14.3. The van der Waals surface area contributed by atoms with Crippen LogP contribution in [0.2, 0.25) is 0 Å². The molecule has 0 aliphatic rings. The molecule has 25 heavy (non-hydrogen) atoms. The molecule has 6 heteroatoms. The van der Waals surface area contributed by atoms with Gasteiger partial charge in [-0.05, 0) is 29.6 Å². The van der Waals surface area contributed by atoms with E-state index in [-0.39, 0.29) is 11.3 Å². The molecule has 0 saturated heterocycles. The molecule has 0 aliphatic heterocycles. The fourth-order valence-electron chi connectivity index (χ4n) is 2.69. The van der Waals surface area contributed by atoms with Gasteiger partial charge in [0, 0.05) is 23.5 Å². The van der Waals surface area contributed by atoms with Crippen molar-refractivity contribution in [2.45, 2.75) is 6.10 Å². The van der Waals surface area contributed by atoms with Gasteiger partial charge in [0.1, 0.15) is 17.6 Å². The van der Waals surface area contributed by atoms with Gasteiger partial charge >= 0.3 is 0 Å². The molecule has 4 aromatic rings. The molecule has 4 nitrogen and oxygen atoms in total. The summed E-state index contributed by atoms with van der Waals surface area (Å²) in [7, 11) is 0. The Kier molecular flexibility index (Phi) is 4.13. The summed E-state index contributed by atoms with van der Waals surface area (Å²) in [5, 5.41) is 16.9. The number of aliphatic hydroxyl groups excluding tert-OH is 1. The molecule has 0 radical (unpaired) electrons. The molecule has 0 aliphatic carbocycles. The van der Waals surface area contributed by atoms with Crippen LogP contribution in [0.15, 0.2) is 70.8 Å². The van der Waals surface area contributed by atoms with Crippen LogP contribution in [0.5, 0.6) is 0 Å². The zero-order chi connectivity index (χ0) is 17.2. The summed E-state index contributed by atoms with van der Waals surface area (Å²) < 4.78 is 19.8. The molecule has 1 aromatic carbocycles. The van der Waals surface area contributed by atoms with Gasteiger partial charge in [-0.3, -0.25) is 4.98 Å². The minimum atomic E-state index is -1.04. The van der Waals surface area contributed by atoms with E-state index >= 15 is 0 Å². The molecule has 0 saturated carbocycles. The van der Waals surface area contributed by atoms with Gasteiger partial charge in [-0.15, -0.1) is 11.3 Å². The van der Waals surface area contributed by atoms with Crippen molar-refractivity contribution in [3.8, 4) is 21.9 Å². The molecular formula is C19H13FN2O2S. The van der Waals surface area contributed by atoms with Crippen molar-refractivity contribution in [2.24, 2.45) is 0 Å². The van der Waals surface area contributed by atoms with Gasteiger partial charge in [0.05, 0.1) is 10.4 Å². The second kappa shape index (κ2) is 6.58. The molecule has 0 fully saturated rings. The van der Waals surface area contributed by atoms with Crippen LogP contribution in [0, 0.1) is 5.82 Å². The number of pyridine rings is 1. The normalized spacial score (nSPS) is 12.2. The first kappa shape index (κ1) is 15.7. The van der Waals surface area contributed by atoms with Gasteiger partial charge in [0.15, 0.2) is 5.76 Å². The van der Waals surface area contributed by atoms with Gasteiger partial charge in [-0.2, -0.15) is 0 Å². The first-order chi connectivity index (χ1) is 12.3. The third kappa shape index (κ3) is 2.86. The third-order valence-corrected chi connectivity index (χ3v) is 4.74. The average molecular weight is 352 g/mol. The molecular weight excluding hydrogens is 339 g/mol. The summed E-state index contributed by atoms with van der Waals surface area (Å²) in [6.45, 7) is 0. The Bertz CT molecular complexity index is 984. The Balaban J connectivity index is 1.93. The lowest BCUT2D eigenvalue weighted by molar-refractivity contribution is 0.220. The Morgan fingerprint density at radius 1 is 1.08 bits per heavy atom. The highest BCUT2D eigenvalue weighted by Crippen LogP contribution is 2.40. The third-order valence-electron chi connectivity index (χ3n) is 3.88. The minimum absolute atomic E-state index is 0.284. The quantitative estimate of drug-likeness (QED) is 0.579. The lowest BCUT2D eigenvalue weighted by Gasteiger charge is -2.12. The van der Waals surface area contributed by atoms with E-state index in [2.05, 4.69) is 10.1 Å². The van der Waals surface area contributed by atoms with E-state index in [0.717, 1.165) is 4.88 Å². The van der Waals surface area contributed by atoms with Crippen LogP contribution in [0.3, 0.4) is 0 Å². The molecule has 1 unspecified atom stereocenters. The van der Waals surface area contributed by atoms with Crippen molar-refractivity contribution in [3.63, 3.8) is 0 Å². The largest absolute Gasteiger partial charge is 0.383 e. The predicted molar refractivity (Wildman–Crippen MR) is 93.5 cm³/mol. The zero-order valence-corrected chi connectivity index (χ0v) is 13.8. The number of halogens is 1. The summed E-state index contributed by atoms with van der Waals surface area (Å²) in [5.74, 6) is 0.0118. The van der Waals surface area contributed by atoms with E-state index in [4.69, 9.17) is 4.52 Å². The van der Waals surface area contributed by atoms with Crippen LogP contribution in [0.1, 0.15) is 17.2 Å². The monoisotopic (exact) mass is 352 g/mol. The molecule has 0 spiro atoms. The summed E-state index contributed by atoms with van der Waals surface area (Å²) >= 11 is 1.46. The van der Waals surface area contributed by atoms with Crippen LogP contribution in [0.25, 0.3) is 21.9 Å². The number of aromatic nitrogens is 2. The van der Waals surface area contributed by atoms with Crippen LogP contribution in [-0.2, 0) is 0 Å². The minimum Gasteiger partial charge on any atom is -0.383 e. The molecule has 3 heterocycles. The number of aliphatic hydroxyl groups is 1. The van der Waals surface area contributed by atoms with Crippen LogP contribution in [0.4, 0.5) is 4.39 Å². The molecule has 0 bridgehead atoms. The molecule has 1 N–H and O–H groups in total. The van der Waals surface area contributed by atoms with Crippen LogP contribution in [-0.4, -0.2) is 15.2 Å². The van der Waals surface area contributed by atoms with E-state index in [9.17, 15) is 9.50 Å².